The lowest BCUT2D eigenvalue weighted by atomic mass is 10.2. The number of nitrogens with zero attached hydrogens (tertiary/aromatic N) is 1. The quantitative estimate of drug-likeness (QED) is 0.547. The molecule has 0 radical (unpaired) electrons. The number of nitrogens with two attached hydrogens (primary N) is 1. The summed E-state index contributed by atoms with van der Waals surface area (Å²) in [7, 11) is 0. The molecule has 1 saturated carbocycles. The van der Waals surface area contributed by atoms with Gasteiger partial charge in [0.1, 0.15) is 0 Å². The Bertz CT molecular complexity index is 423. The Labute approximate surface area is 98.3 Å². The maximum absolute atomic E-state index is 11.7. The van der Waals surface area contributed by atoms with E-state index in [4.69, 9.17) is 17.4 Å². The number of amides is 1. The van der Waals surface area contributed by atoms with Crippen molar-refractivity contribution in [1.82, 2.24) is 10.3 Å². The molecule has 1 aliphatic carbocycles. The van der Waals surface area contributed by atoms with E-state index in [2.05, 4.69) is 22.7 Å². The number of aromatic nitrogens is 1. The van der Waals surface area contributed by atoms with E-state index in [1.807, 2.05) is 0 Å². The Balaban J connectivity index is 2.08. The second-order valence-corrected chi connectivity index (χ2v) is 4.40. The average Bonchev–Trinajstić information content (AvgIpc) is 2.94. The van der Waals surface area contributed by atoms with Gasteiger partial charge in [-0.2, -0.15) is 0 Å². The van der Waals surface area contributed by atoms with Gasteiger partial charge in [0, 0.05) is 12.2 Å². The zero-order valence-electron chi connectivity index (χ0n) is 8.83. The van der Waals surface area contributed by atoms with Gasteiger partial charge in [-0.25, -0.2) is 10.8 Å². The van der Waals surface area contributed by atoms with Crippen LogP contribution in [0.4, 0.5) is 5.82 Å². The highest BCUT2D eigenvalue weighted by Gasteiger charge is 2.34. The summed E-state index contributed by atoms with van der Waals surface area (Å²) in [6.07, 6.45) is 2.48. The van der Waals surface area contributed by atoms with Crippen molar-refractivity contribution < 1.29 is 4.79 Å². The van der Waals surface area contributed by atoms with Crippen molar-refractivity contribution in [3.63, 3.8) is 0 Å². The molecule has 6 heteroatoms. The number of hydrogen-bond acceptors (Lipinski definition) is 4. The molecule has 4 N–H and O–H groups in total. The van der Waals surface area contributed by atoms with Gasteiger partial charge < -0.3 is 10.7 Å². The Morgan fingerprint density at radius 1 is 1.69 bits per heavy atom. The lowest BCUT2D eigenvalue weighted by Gasteiger charge is -2.06. The van der Waals surface area contributed by atoms with Gasteiger partial charge in [-0.15, -0.1) is 0 Å². The standard InChI is InChI=1S/C10H13ClN4O/c1-5-2-8(5)14-10(16)6-3-7(11)9(15-12)13-4-6/h3-5,8H,2,12H2,1H3,(H,13,15)(H,14,16). The molecule has 0 aromatic carbocycles. The molecule has 0 bridgehead atoms. The lowest BCUT2D eigenvalue weighted by molar-refractivity contribution is 0.0949. The number of halogens is 1. The highest BCUT2D eigenvalue weighted by molar-refractivity contribution is 6.33. The molecule has 1 fully saturated rings. The molecule has 0 saturated heterocycles. The first-order valence-corrected chi connectivity index (χ1v) is 5.42. The molecule has 2 atom stereocenters. The fourth-order valence-electron chi connectivity index (χ4n) is 1.44. The summed E-state index contributed by atoms with van der Waals surface area (Å²) in [6, 6.07) is 1.84. The minimum Gasteiger partial charge on any atom is -0.349 e. The molecule has 2 rings (SSSR count). The molecular weight excluding hydrogens is 228 g/mol. The van der Waals surface area contributed by atoms with E-state index >= 15 is 0 Å². The van der Waals surface area contributed by atoms with Gasteiger partial charge in [-0.05, 0) is 18.4 Å². The van der Waals surface area contributed by atoms with Crippen molar-refractivity contribution in [2.24, 2.45) is 11.8 Å². The van der Waals surface area contributed by atoms with E-state index in [0.717, 1.165) is 6.42 Å². The SMILES string of the molecule is CC1CC1NC(=O)c1cnc(NN)c(Cl)c1. The first-order chi connectivity index (χ1) is 7.61. The van der Waals surface area contributed by atoms with E-state index in [1.54, 1.807) is 6.07 Å². The minimum atomic E-state index is -0.146. The Kier molecular flexibility index (Phi) is 2.98. The highest BCUT2D eigenvalue weighted by Crippen LogP contribution is 2.29. The van der Waals surface area contributed by atoms with E-state index in [9.17, 15) is 4.79 Å². The van der Waals surface area contributed by atoms with Crippen LogP contribution in [0.25, 0.3) is 0 Å². The summed E-state index contributed by atoms with van der Waals surface area (Å²) in [5.41, 5.74) is 2.79. The van der Waals surface area contributed by atoms with Crippen LogP contribution in [0.1, 0.15) is 23.7 Å². The van der Waals surface area contributed by atoms with Crippen molar-refractivity contribution in [1.29, 1.82) is 0 Å². The van der Waals surface area contributed by atoms with Crippen LogP contribution < -0.4 is 16.6 Å². The molecular formula is C10H13ClN4O. The topological polar surface area (TPSA) is 80.0 Å². The molecule has 1 aromatic heterocycles. The molecule has 1 heterocycles. The summed E-state index contributed by atoms with van der Waals surface area (Å²) < 4.78 is 0. The highest BCUT2D eigenvalue weighted by atomic mass is 35.5. The molecule has 5 nitrogen and oxygen atoms in total. The van der Waals surface area contributed by atoms with Crippen LogP contribution in [0.15, 0.2) is 12.3 Å². The minimum absolute atomic E-state index is 0.146. The van der Waals surface area contributed by atoms with Crippen molar-refractivity contribution in [3.8, 4) is 0 Å². The van der Waals surface area contributed by atoms with Crippen molar-refractivity contribution in [2.75, 3.05) is 5.43 Å². The number of rotatable bonds is 3. The van der Waals surface area contributed by atoms with Crippen LogP contribution in [0.3, 0.4) is 0 Å². The van der Waals surface area contributed by atoms with Gasteiger partial charge in [-0.1, -0.05) is 18.5 Å². The zero-order valence-corrected chi connectivity index (χ0v) is 9.58. The Hall–Kier alpha value is -1.33. The van der Waals surface area contributed by atoms with Gasteiger partial charge in [0.15, 0.2) is 5.82 Å². The van der Waals surface area contributed by atoms with Gasteiger partial charge in [0.25, 0.3) is 5.91 Å². The summed E-state index contributed by atoms with van der Waals surface area (Å²) in [6.45, 7) is 2.09. The molecule has 16 heavy (non-hydrogen) atoms. The normalized spacial score (nSPS) is 22.7. The first-order valence-electron chi connectivity index (χ1n) is 5.05. The van der Waals surface area contributed by atoms with E-state index in [1.165, 1.54) is 6.20 Å². The van der Waals surface area contributed by atoms with Crippen LogP contribution in [0.5, 0.6) is 0 Å². The third-order valence-electron chi connectivity index (χ3n) is 2.67. The molecule has 0 spiro atoms. The second-order valence-electron chi connectivity index (χ2n) is 3.99. The van der Waals surface area contributed by atoms with Gasteiger partial charge in [0.05, 0.1) is 10.6 Å². The van der Waals surface area contributed by atoms with Crippen LogP contribution in [-0.4, -0.2) is 16.9 Å². The number of hydrogen-bond donors (Lipinski definition) is 3. The maximum atomic E-state index is 11.7. The molecule has 86 valence electrons. The third-order valence-corrected chi connectivity index (χ3v) is 2.95. The smallest absolute Gasteiger partial charge is 0.253 e. The van der Waals surface area contributed by atoms with Gasteiger partial charge in [-0.3, -0.25) is 4.79 Å². The van der Waals surface area contributed by atoms with E-state index in [0.29, 0.717) is 28.4 Å². The van der Waals surface area contributed by atoms with Crippen LogP contribution >= 0.6 is 11.6 Å². The predicted molar refractivity (Wildman–Crippen MR) is 62.1 cm³/mol. The van der Waals surface area contributed by atoms with Crippen LogP contribution in [0.2, 0.25) is 5.02 Å². The van der Waals surface area contributed by atoms with Crippen molar-refractivity contribution in [3.05, 3.63) is 22.8 Å². The predicted octanol–water partition coefficient (Wildman–Crippen LogP) is 1.16. The molecule has 1 aromatic rings. The van der Waals surface area contributed by atoms with Gasteiger partial charge >= 0.3 is 0 Å². The Morgan fingerprint density at radius 3 is 2.88 bits per heavy atom. The third kappa shape index (κ3) is 2.25. The summed E-state index contributed by atoms with van der Waals surface area (Å²) in [4.78, 5) is 15.7. The lowest BCUT2D eigenvalue weighted by Crippen LogP contribution is -2.26. The number of carbonyl (C=O) groups is 1. The number of nitrogen functional groups attached to an aromatic ring is 1. The number of hydrazine groups is 1. The second kappa shape index (κ2) is 4.27. The van der Waals surface area contributed by atoms with Crippen molar-refractivity contribution >= 4 is 23.3 Å². The van der Waals surface area contributed by atoms with Crippen LogP contribution in [0, 0.1) is 5.92 Å². The fourth-order valence-corrected chi connectivity index (χ4v) is 1.66. The largest absolute Gasteiger partial charge is 0.349 e. The summed E-state index contributed by atoms with van der Waals surface area (Å²) in [5, 5.41) is 3.23. The van der Waals surface area contributed by atoms with E-state index in [-0.39, 0.29) is 5.91 Å². The molecule has 1 amide bonds. The number of pyridine rings is 1. The average molecular weight is 241 g/mol. The number of nitrogens with one attached hydrogen (secondary N) is 2. The number of anilines is 1. The van der Waals surface area contributed by atoms with E-state index < -0.39 is 0 Å². The molecule has 1 aliphatic rings. The summed E-state index contributed by atoms with van der Waals surface area (Å²) in [5.74, 6) is 5.97. The molecule has 2 unspecified atom stereocenters. The van der Waals surface area contributed by atoms with Crippen molar-refractivity contribution in [2.45, 2.75) is 19.4 Å². The monoisotopic (exact) mass is 240 g/mol. The fraction of sp³-hybridized carbons (Fsp3) is 0.400. The first kappa shape index (κ1) is 11.2. The summed E-state index contributed by atoms with van der Waals surface area (Å²) >= 11 is 5.87. The maximum Gasteiger partial charge on any atom is 0.253 e. The Morgan fingerprint density at radius 2 is 2.38 bits per heavy atom. The zero-order chi connectivity index (χ0) is 11.7. The molecule has 0 aliphatic heterocycles. The van der Waals surface area contributed by atoms with Gasteiger partial charge in [0.2, 0.25) is 0 Å². The number of carbonyl (C=O) groups excluding carboxylic acids is 1. The van der Waals surface area contributed by atoms with Crippen LogP contribution in [-0.2, 0) is 0 Å².